The van der Waals surface area contributed by atoms with Gasteiger partial charge in [-0.2, -0.15) is 0 Å². The largest absolute Gasteiger partial charge is 0.383 e. The van der Waals surface area contributed by atoms with Crippen LogP contribution in [0, 0.1) is 0 Å². The molecular formula is C13H21NO6S2. The van der Waals surface area contributed by atoms with Gasteiger partial charge in [-0.15, -0.1) is 5.06 Å². The molecular weight excluding hydrogens is 330 g/mol. The van der Waals surface area contributed by atoms with Crippen molar-refractivity contribution < 1.29 is 28.7 Å². The van der Waals surface area contributed by atoms with E-state index in [9.17, 15) is 14.4 Å². The Bertz CT molecular complexity index is 384. The summed E-state index contributed by atoms with van der Waals surface area (Å²) in [6.45, 7) is 0.836. The van der Waals surface area contributed by atoms with Crippen LogP contribution >= 0.6 is 21.6 Å². The fourth-order valence-electron chi connectivity index (χ4n) is 2.11. The predicted octanol–water partition coefficient (Wildman–Crippen LogP) is 1.42. The second-order valence-electron chi connectivity index (χ2n) is 4.84. The Labute approximate surface area is 137 Å². The molecule has 126 valence electrons. The third-order valence-corrected chi connectivity index (χ3v) is 5.58. The van der Waals surface area contributed by atoms with Gasteiger partial charge >= 0.3 is 5.97 Å². The quantitative estimate of drug-likeness (QED) is 0.432. The van der Waals surface area contributed by atoms with Gasteiger partial charge in [-0.3, -0.25) is 9.59 Å². The second kappa shape index (κ2) is 9.39. The van der Waals surface area contributed by atoms with Crippen LogP contribution in [0.15, 0.2) is 0 Å². The minimum atomic E-state index is -0.609. The zero-order valence-corrected chi connectivity index (χ0v) is 14.6. The van der Waals surface area contributed by atoms with E-state index in [2.05, 4.69) is 0 Å². The number of carbonyl (C=O) groups excluding carboxylic acids is 3. The van der Waals surface area contributed by atoms with Crippen LogP contribution in [0.3, 0.4) is 0 Å². The number of carbonyl (C=O) groups is 3. The standard InChI is InChI=1S/C13H21NO6S2/c1-18-8-13(9-19-2,22-21-3)7-6-12(17)20-14-10(15)4-5-11(14)16/h4-9H2,1-3H3. The smallest absolute Gasteiger partial charge is 0.333 e. The van der Waals surface area contributed by atoms with Crippen molar-refractivity contribution in [3.63, 3.8) is 0 Å². The van der Waals surface area contributed by atoms with Gasteiger partial charge in [0.1, 0.15) is 0 Å². The Morgan fingerprint density at radius 1 is 1.18 bits per heavy atom. The first-order chi connectivity index (χ1) is 10.5. The first-order valence-electron chi connectivity index (χ1n) is 6.74. The maximum absolute atomic E-state index is 11.9. The molecule has 1 saturated heterocycles. The van der Waals surface area contributed by atoms with E-state index in [-0.39, 0.29) is 24.0 Å². The minimum absolute atomic E-state index is 0.0668. The summed E-state index contributed by atoms with van der Waals surface area (Å²) >= 11 is 0. The Morgan fingerprint density at radius 2 is 1.73 bits per heavy atom. The maximum Gasteiger partial charge on any atom is 0.333 e. The fraction of sp³-hybridized carbons (Fsp3) is 0.769. The van der Waals surface area contributed by atoms with Crippen LogP contribution < -0.4 is 0 Å². The van der Waals surface area contributed by atoms with Crippen LogP contribution in [0.1, 0.15) is 25.7 Å². The highest BCUT2D eigenvalue weighted by atomic mass is 33.1. The molecule has 1 heterocycles. The molecule has 7 nitrogen and oxygen atoms in total. The molecule has 1 aliphatic heterocycles. The molecule has 0 atom stereocenters. The SMILES string of the molecule is COCC(CCC(=O)ON1C(=O)CCC1=O)(COC)SSC. The molecule has 0 spiro atoms. The molecule has 0 aromatic heterocycles. The van der Waals surface area contributed by atoms with Crippen LogP contribution in [-0.4, -0.2) is 61.3 Å². The maximum atomic E-state index is 11.9. The van der Waals surface area contributed by atoms with E-state index in [1.165, 1.54) is 0 Å². The van der Waals surface area contributed by atoms with E-state index < -0.39 is 17.8 Å². The summed E-state index contributed by atoms with van der Waals surface area (Å²) in [6.07, 6.45) is 2.63. The molecule has 2 amide bonds. The summed E-state index contributed by atoms with van der Waals surface area (Å²) in [5.74, 6) is -1.56. The van der Waals surface area contributed by atoms with E-state index in [0.717, 1.165) is 0 Å². The van der Waals surface area contributed by atoms with Crippen LogP contribution in [0.4, 0.5) is 0 Å². The number of nitrogens with zero attached hydrogens (tertiary/aromatic N) is 1. The van der Waals surface area contributed by atoms with Gasteiger partial charge in [0, 0.05) is 33.5 Å². The monoisotopic (exact) mass is 351 g/mol. The average molecular weight is 351 g/mol. The molecule has 0 saturated carbocycles. The lowest BCUT2D eigenvalue weighted by Crippen LogP contribution is -2.37. The third kappa shape index (κ3) is 5.45. The highest BCUT2D eigenvalue weighted by Gasteiger charge is 2.35. The molecule has 0 aliphatic carbocycles. The van der Waals surface area contributed by atoms with Gasteiger partial charge in [-0.1, -0.05) is 21.6 Å². The van der Waals surface area contributed by atoms with Crippen LogP contribution in [0.25, 0.3) is 0 Å². The first-order valence-corrected chi connectivity index (χ1v) is 9.30. The highest BCUT2D eigenvalue weighted by Crippen LogP contribution is 2.38. The second-order valence-corrected chi connectivity index (χ2v) is 7.71. The molecule has 22 heavy (non-hydrogen) atoms. The summed E-state index contributed by atoms with van der Waals surface area (Å²) in [6, 6.07) is 0. The minimum Gasteiger partial charge on any atom is -0.383 e. The van der Waals surface area contributed by atoms with E-state index in [1.807, 2.05) is 6.26 Å². The fourth-order valence-corrected chi connectivity index (χ4v) is 4.58. The van der Waals surface area contributed by atoms with Crippen molar-refractivity contribution in [1.29, 1.82) is 0 Å². The van der Waals surface area contributed by atoms with Gasteiger partial charge < -0.3 is 14.3 Å². The molecule has 0 radical (unpaired) electrons. The van der Waals surface area contributed by atoms with Crippen LogP contribution in [-0.2, 0) is 28.7 Å². The Balaban J connectivity index is 2.57. The van der Waals surface area contributed by atoms with Gasteiger partial charge in [-0.25, -0.2) is 4.79 Å². The van der Waals surface area contributed by atoms with Gasteiger partial charge in [0.15, 0.2) is 0 Å². The van der Waals surface area contributed by atoms with Gasteiger partial charge in [0.05, 0.1) is 18.0 Å². The van der Waals surface area contributed by atoms with Crippen molar-refractivity contribution in [2.45, 2.75) is 30.4 Å². The lowest BCUT2D eigenvalue weighted by atomic mass is 10.0. The van der Waals surface area contributed by atoms with Crippen molar-refractivity contribution in [3.8, 4) is 0 Å². The number of methoxy groups -OCH3 is 2. The van der Waals surface area contributed by atoms with Crippen LogP contribution in [0.2, 0.25) is 0 Å². The molecule has 0 aromatic carbocycles. The van der Waals surface area contributed by atoms with Crippen molar-refractivity contribution in [2.75, 3.05) is 33.7 Å². The Morgan fingerprint density at radius 3 is 2.18 bits per heavy atom. The zero-order chi connectivity index (χ0) is 16.6. The number of hydrogen-bond donors (Lipinski definition) is 0. The van der Waals surface area contributed by atoms with E-state index in [1.54, 1.807) is 35.8 Å². The summed E-state index contributed by atoms with van der Waals surface area (Å²) in [5, 5.41) is 0.568. The average Bonchev–Trinajstić information content (AvgIpc) is 2.78. The van der Waals surface area contributed by atoms with Crippen LogP contribution in [0.5, 0.6) is 0 Å². The number of hydroxylamine groups is 2. The summed E-state index contributed by atoms with van der Waals surface area (Å²) in [5.41, 5.74) is 0. The Kier molecular flexibility index (Phi) is 8.23. The van der Waals surface area contributed by atoms with Gasteiger partial charge in [0.25, 0.3) is 11.8 Å². The molecule has 1 fully saturated rings. The van der Waals surface area contributed by atoms with Gasteiger partial charge in [0.2, 0.25) is 0 Å². The molecule has 0 unspecified atom stereocenters. The number of hydrogen-bond acceptors (Lipinski definition) is 8. The topological polar surface area (TPSA) is 82.1 Å². The number of ether oxygens (including phenoxy) is 2. The van der Waals surface area contributed by atoms with E-state index in [0.29, 0.717) is 24.7 Å². The normalized spacial score (nSPS) is 15.5. The van der Waals surface area contributed by atoms with Crippen molar-refractivity contribution in [1.82, 2.24) is 5.06 Å². The molecule has 1 rings (SSSR count). The third-order valence-electron chi connectivity index (χ3n) is 3.06. The molecule has 0 N–H and O–H groups in total. The molecule has 9 heteroatoms. The zero-order valence-electron chi connectivity index (χ0n) is 13.0. The molecule has 0 aromatic rings. The Hall–Kier alpha value is -0.770. The van der Waals surface area contributed by atoms with Crippen molar-refractivity contribution >= 4 is 39.4 Å². The number of imide groups is 1. The number of rotatable bonds is 10. The van der Waals surface area contributed by atoms with Crippen molar-refractivity contribution in [3.05, 3.63) is 0 Å². The first kappa shape index (κ1) is 19.3. The molecule has 0 bridgehead atoms. The van der Waals surface area contributed by atoms with Gasteiger partial charge in [-0.05, 0) is 12.7 Å². The summed E-state index contributed by atoms with van der Waals surface area (Å²) in [7, 11) is 6.31. The van der Waals surface area contributed by atoms with Crippen molar-refractivity contribution in [2.24, 2.45) is 0 Å². The van der Waals surface area contributed by atoms with E-state index >= 15 is 0 Å². The highest BCUT2D eigenvalue weighted by molar-refractivity contribution is 8.77. The lowest BCUT2D eigenvalue weighted by molar-refractivity contribution is -0.197. The predicted molar refractivity (Wildman–Crippen MR) is 84.0 cm³/mol. The summed E-state index contributed by atoms with van der Waals surface area (Å²) in [4.78, 5) is 39.6. The number of amides is 2. The lowest BCUT2D eigenvalue weighted by Gasteiger charge is -2.30. The summed E-state index contributed by atoms with van der Waals surface area (Å²) < 4.78 is 10.1. The molecule has 1 aliphatic rings. The van der Waals surface area contributed by atoms with E-state index in [4.69, 9.17) is 14.3 Å².